The number of hydrogen-bond donors (Lipinski definition) is 0. The van der Waals surface area contributed by atoms with Crippen molar-refractivity contribution in [1.29, 1.82) is 0 Å². The molecule has 0 atom stereocenters. The van der Waals surface area contributed by atoms with Gasteiger partial charge in [-0.25, -0.2) is 12.8 Å². The molecule has 0 amide bonds. The molecule has 2 aromatic rings. The van der Waals surface area contributed by atoms with Gasteiger partial charge in [0.15, 0.2) is 0 Å². The predicted molar refractivity (Wildman–Crippen MR) is 74.1 cm³/mol. The van der Waals surface area contributed by atoms with Crippen molar-refractivity contribution in [3.8, 4) is 0 Å². The molecule has 1 aromatic carbocycles. The normalized spacial score (nSPS) is 12.0. The lowest BCUT2D eigenvalue weighted by atomic mass is 10.2. The van der Waals surface area contributed by atoms with Crippen molar-refractivity contribution in [1.82, 2.24) is 4.31 Å². The Morgan fingerprint density at radius 2 is 2.00 bits per heavy atom. The van der Waals surface area contributed by atoms with Crippen LogP contribution >= 0.6 is 11.3 Å². The lowest BCUT2D eigenvalue weighted by Crippen LogP contribution is -2.25. The molecule has 1 heterocycles. The summed E-state index contributed by atoms with van der Waals surface area (Å²) in [4.78, 5) is 0.942. The predicted octanol–water partition coefficient (Wildman–Crippen LogP) is 3.02. The van der Waals surface area contributed by atoms with Gasteiger partial charge in [-0.2, -0.15) is 4.31 Å². The van der Waals surface area contributed by atoms with E-state index in [1.807, 2.05) is 6.92 Å². The van der Waals surface area contributed by atoms with E-state index in [0.717, 1.165) is 4.88 Å². The molecule has 0 N–H and O–H groups in total. The Bertz CT molecular complexity index is 679. The molecule has 0 spiro atoms. The van der Waals surface area contributed by atoms with Crippen molar-refractivity contribution in [3.63, 3.8) is 0 Å². The van der Waals surface area contributed by atoms with E-state index in [9.17, 15) is 12.8 Å². The Labute approximate surface area is 116 Å². The van der Waals surface area contributed by atoms with Crippen LogP contribution in [0.25, 0.3) is 0 Å². The molecule has 0 saturated carbocycles. The monoisotopic (exact) mass is 299 g/mol. The van der Waals surface area contributed by atoms with E-state index in [2.05, 4.69) is 0 Å². The van der Waals surface area contributed by atoms with Crippen LogP contribution in [0.2, 0.25) is 0 Å². The van der Waals surface area contributed by atoms with Crippen LogP contribution < -0.4 is 0 Å². The van der Waals surface area contributed by atoms with E-state index in [1.165, 1.54) is 34.8 Å². The quantitative estimate of drug-likeness (QED) is 0.870. The zero-order valence-corrected chi connectivity index (χ0v) is 12.3. The number of nitrogens with zero attached hydrogens (tertiary/aromatic N) is 1. The summed E-state index contributed by atoms with van der Waals surface area (Å²) in [7, 11) is -2.00. The van der Waals surface area contributed by atoms with Gasteiger partial charge in [0.05, 0.1) is 0 Å². The van der Waals surface area contributed by atoms with Crippen LogP contribution in [0.4, 0.5) is 4.39 Å². The molecule has 0 radical (unpaired) electrons. The highest BCUT2D eigenvalue weighted by Gasteiger charge is 2.22. The topological polar surface area (TPSA) is 37.4 Å². The first-order valence-corrected chi connectivity index (χ1v) is 7.92. The summed E-state index contributed by atoms with van der Waals surface area (Å²) >= 11 is 1.23. The summed E-state index contributed by atoms with van der Waals surface area (Å²) in [6, 6.07) is 9.31. The first-order chi connectivity index (χ1) is 8.89. The van der Waals surface area contributed by atoms with Crippen LogP contribution in [0.1, 0.15) is 10.4 Å². The summed E-state index contributed by atoms with van der Waals surface area (Å²) in [5.74, 6) is -0.365. The van der Waals surface area contributed by atoms with Gasteiger partial charge in [0.1, 0.15) is 10.0 Å². The molecule has 0 unspecified atom stereocenters. The van der Waals surface area contributed by atoms with Gasteiger partial charge in [-0.1, -0.05) is 12.1 Å². The van der Waals surface area contributed by atoms with Gasteiger partial charge in [-0.15, -0.1) is 11.3 Å². The first-order valence-electron chi connectivity index (χ1n) is 5.67. The molecule has 0 saturated heterocycles. The molecule has 0 fully saturated rings. The summed E-state index contributed by atoms with van der Waals surface area (Å²) in [5.41, 5.74) is 0.624. The summed E-state index contributed by atoms with van der Waals surface area (Å²) in [6.07, 6.45) is 0. The van der Waals surface area contributed by atoms with Crippen LogP contribution in [-0.2, 0) is 16.6 Å². The van der Waals surface area contributed by atoms with Gasteiger partial charge >= 0.3 is 0 Å². The Balaban J connectivity index is 2.22. The minimum atomic E-state index is -3.50. The number of hydrogen-bond acceptors (Lipinski definition) is 3. The summed E-state index contributed by atoms with van der Waals surface area (Å²) < 4.78 is 39.2. The molecule has 2 rings (SSSR count). The van der Waals surface area contributed by atoms with Crippen LogP contribution in [0.3, 0.4) is 0 Å². The van der Waals surface area contributed by atoms with Crippen LogP contribution in [0, 0.1) is 12.7 Å². The van der Waals surface area contributed by atoms with Crippen molar-refractivity contribution in [3.05, 3.63) is 52.7 Å². The molecular weight excluding hydrogens is 285 g/mol. The third-order valence-electron chi connectivity index (χ3n) is 2.67. The largest absolute Gasteiger partial charge is 0.252 e. The van der Waals surface area contributed by atoms with Crippen molar-refractivity contribution in [2.45, 2.75) is 17.7 Å². The first kappa shape index (κ1) is 14.2. The zero-order chi connectivity index (χ0) is 14.0. The molecule has 6 heteroatoms. The molecule has 0 aliphatic carbocycles. The van der Waals surface area contributed by atoms with Crippen molar-refractivity contribution in [2.24, 2.45) is 0 Å². The zero-order valence-electron chi connectivity index (χ0n) is 10.6. The van der Waals surface area contributed by atoms with Gasteiger partial charge < -0.3 is 0 Å². The van der Waals surface area contributed by atoms with Crippen molar-refractivity contribution >= 4 is 21.4 Å². The summed E-state index contributed by atoms with van der Waals surface area (Å²) in [6.45, 7) is 2.01. The fourth-order valence-electron chi connectivity index (χ4n) is 1.68. The van der Waals surface area contributed by atoms with Gasteiger partial charge in [-0.05, 0) is 36.8 Å². The van der Waals surface area contributed by atoms with Crippen LogP contribution in [0.5, 0.6) is 0 Å². The minimum absolute atomic E-state index is 0.150. The average molecular weight is 299 g/mol. The Kier molecular flexibility index (Phi) is 4.03. The molecule has 3 nitrogen and oxygen atoms in total. The molecule has 19 heavy (non-hydrogen) atoms. The highest BCUT2D eigenvalue weighted by molar-refractivity contribution is 7.91. The number of halogens is 1. The van der Waals surface area contributed by atoms with E-state index < -0.39 is 10.0 Å². The Morgan fingerprint density at radius 1 is 1.26 bits per heavy atom. The third-order valence-corrected chi connectivity index (χ3v) is 5.95. The molecule has 0 aliphatic rings. The van der Waals surface area contributed by atoms with E-state index >= 15 is 0 Å². The Hall–Kier alpha value is -1.24. The number of thiophene rings is 1. The maximum absolute atomic E-state index is 13.1. The smallest absolute Gasteiger partial charge is 0.207 e. The average Bonchev–Trinajstić information content (AvgIpc) is 2.76. The maximum Gasteiger partial charge on any atom is 0.252 e. The van der Waals surface area contributed by atoms with E-state index in [-0.39, 0.29) is 12.4 Å². The second-order valence-electron chi connectivity index (χ2n) is 4.26. The number of sulfonamides is 1. The standard InChI is InChI=1S/C13H14FNO2S2/c1-10-6-7-13(18-10)19(16,17)15(2)9-11-4-3-5-12(14)8-11/h3-8H,9H2,1-2H3. The highest BCUT2D eigenvalue weighted by Crippen LogP contribution is 2.24. The molecule has 0 aliphatic heterocycles. The van der Waals surface area contributed by atoms with Gasteiger partial charge in [0, 0.05) is 18.5 Å². The van der Waals surface area contributed by atoms with Gasteiger partial charge in [0.25, 0.3) is 10.0 Å². The van der Waals surface area contributed by atoms with Gasteiger partial charge in [-0.3, -0.25) is 0 Å². The molecule has 102 valence electrons. The van der Waals surface area contributed by atoms with Crippen molar-refractivity contribution < 1.29 is 12.8 Å². The highest BCUT2D eigenvalue weighted by atomic mass is 32.2. The number of rotatable bonds is 4. The maximum atomic E-state index is 13.1. The van der Waals surface area contributed by atoms with E-state index in [0.29, 0.717) is 9.77 Å². The molecule has 0 bridgehead atoms. The van der Waals surface area contributed by atoms with Crippen LogP contribution in [-0.4, -0.2) is 19.8 Å². The second kappa shape index (κ2) is 5.40. The van der Waals surface area contributed by atoms with Crippen molar-refractivity contribution in [2.75, 3.05) is 7.05 Å². The third kappa shape index (κ3) is 3.20. The van der Waals surface area contributed by atoms with E-state index in [1.54, 1.807) is 24.3 Å². The number of aryl methyl sites for hydroxylation is 1. The SMILES string of the molecule is Cc1ccc(S(=O)(=O)N(C)Cc2cccc(F)c2)s1. The minimum Gasteiger partial charge on any atom is -0.207 e. The second-order valence-corrected chi connectivity index (χ2v) is 7.82. The lowest BCUT2D eigenvalue weighted by Gasteiger charge is -2.16. The number of benzene rings is 1. The Morgan fingerprint density at radius 3 is 2.58 bits per heavy atom. The fraction of sp³-hybridized carbons (Fsp3) is 0.231. The molecular formula is C13H14FNO2S2. The molecule has 1 aromatic heterocycles. The fourth-order valence-corrected chi connectivity index (χ4v) is 4.33. The van der Waals surface area contributed by atoms with E-state index in [4.69, 9.17) is 0 Å². The lowest BCUT2D eigenvalue weighted by molar-refractivity contribution is 0.467. The summed E-state index contributed by atoms with van der Waals surface area (Å²) in [5, 5.41) is 0. The van der Waals surface area contributed by atoms with Gasteiger partial charge in [0.2, 0.25) is 0 Å². The van der Waals surface area contributed by atoms with Crippen LogP contribution in [0.15, 0.2) is 40.6 Å².